The van der Waals surface area contributed by atoms with Crippen LogP contribution in [0.2, 0.25) is 4.78 Å². The van der Waals surface area contributed by atoms with Crippen LogP contribution in [0.15, 0.2) is 0 Å². The molecule has 0 fully saturated rings. The lowest BCUT2D eigenvalue weighted by atomic mass is 10.6. The molecule has 0 unspecified atom stereocenters. The summed E-state index contributed by atoms with van der Waals surface area (Å²) in [5.74, 6) is 0. The molecule has 0 rings (SSSR count). The molecule has 0 aliphatic rings. The molecule has 0 aliphatic heterocycles. The van der Waals surface area contributed by atoms with Crippen LogP contribution in [0.1, 0.15) is 13.8 Å². The Morgan fingerprint density at radius 3 is 1.50 bits per heavy atom. The predicted octanol–water partition coefficient (Wildman–Crippen LogP) is 1.18. The zero-order valence-electron chi connectivity index (χ0n) is 5.97. The van der Waals surface area contributed by atoms with Crippen molar-refractivity contribution in [2.45, 2.75) is 18.6 Å². The van der Waals surface area contributed by atoms with Gasteiger partial charge in [0.15, 0.2) is 0 Å². The summed E-state index contributed by atoms with van der Waals surface area (Å²) in [6, 6.07) is 0. The van der Waals surface area contributed by atoms with Gasteiger partial charge >= 0.3 is 14.8 Å². The highest BCUT2D eigenvalue weighted by Crippen LogP contribution is 2.06. The molecule has 48 valence electrons. The van der Waals surface area contributed by atoms with Gasteiger partial charge in [0, 0.05) is 14.2 Å². The van der Waals surface area contributed by atoms with Crippen LogP contribution in [0.5, 0.6) is 0 Å². The fourth-order valence-corrected chi connectivity index (χ4v) is 1.92. The minimum absolute atomic E-state index is 0.574. The van der Waals surface area contributed by atoms with E-state index in [2.05, 4.69) is 13.8 Å². The molecular weight excluding hydrogens is 119 g/mol. The molecule has 0 radical (unpaired) electrons. The van der Waals surface area contributed by atoms with Crippen molar-refractivity contribution in [3.8, 4) is 0 Å². The molecule has 0 amide bonds. The first kappa shape index (κ1) is 8.45. The molecule has 0 saturated heterocycles. The summed E-state index contributed by atoms with van der Waals surface area (Å²) in [5, 5.41) is 0. The van der Waals surface area contributed by atoms with Gasteiger partial charge in [-0.25, -0.2) is 0 Å². The minimum Gasteiger partial charge on any atom is -0.481 e. The van der Waals surface area contributed by atoms with Gasteiger partial charge in [-0.2, -0.15) is 0 Å². The summed E-state index contributed by atoms with van der Waals surface area (Å²) in [7, 11) is 3.42. The van der Waals surface area contributed by atoms with Crippen molar-refractivity contribution in [1.29, 1.82) is 0 Å². The van der Waals surface area contributed by atoms with Crippen LogP contribution in [0.25, 0.3) is 0 Å². The zero-order valence-corrected chi connectivity index (χ0v) is 7.13. The Balaban J connectivity index is 3.35. The average Bonchev–Trinajstić information content (AvgIpc) is 1.69. The van der Waals surface area contributed by atoms with Gasteiger partial charge in [-0.1, -0.05) is 13.8 Å². The van der Waals surface area contributed by atoms with Gasteiger partial charge in [-0.05, 0) is 4.78 Å². The number of rotatable bonds is 3. The summed E-state index contributed by atoms with van der Waals surface area (Å²) in [4.78, 5) is 0. The Morgan fingerprint density at radius 1 is 1.12 bits per heavy atom. The second-order valence-corrected chi connectivity index (χ2v) is 5.10. The van der Waals surface area contributed by atoms with Gasteiger partial charge in [-0.3, -0.25) is 0 Å². The van der Waals surface area contributed by atoms with Crippen LogP contribution in [-0.2, 0) is 7.58 Å². The van der Waals surface area contributed by atoms with E-state index in [9.17, 15) is 0 Å². The first-order chi connectivity index (χ1) is 3.72. The maximum atomic E-state index is 5.08. The molecule has 0 N–H and O–H groups in total. The lowest BCUT2D eigenvalue weighted by Crippen LogP contribution is -2.22. The molecule has 0 bridgehead atoms. The fraction of sp³-hybridized carbons (Fsp3) is 1.00. The summed E-state index contributed by atoms with van der Waals surface area (Å²) >= 11 is -1.27. The first-order valence-electron chi connectivity index (χ1n) is 2.78. The Morgan fingerprint density at radius 2 is 1.50 bits per heavy atom. The van der Waals surface area contributed by atoms with Crippen molar-refractivity contribution in [2.75, 3.05) is 14.2 Å². The molecule has 0 saturated carbocycles. The van der Waals surface area contributed by atoms with Crippen molar-refractivity contribution in [3.05, 3.63) is 0 Å². The third-order valence-corrected chi connectivity index (χ3v) is 3.03. The molecule has 0 aromatic heterocycles. The van der Waals surface area contributed by atoms with Gasteiger partial charge in [-0.15, -0.1) is 0 Å². The Kier molecular flexibility index (Phi) is 4.59. The smallest absolute Gasteiger partial charge is 0.481 e. The highest BCUT2D eigenvalue weighted by molar-refractivity contribution is 6.45. The molecule has 0 heterocycles. The summed E-state index contributed by atoms with van der Waals surface area (Å²) in [6.45, 7) is 4.23. The Bertz CT molecular complexity index is 52.4. The highest BCUT2D eigenvalue weighted by atomic mass is 27.2. The second kappa shape index (κ2) is 4.34. The number of hydrogen-bond donors (Lipinski definition) is 0. The second-order valence-electron chi connectivity index (χ2n) is 2.08. The molecule has 0 aromatic rings. The monoisotopic (exact) mass is 132 g/mol. The number of hydrogen-bond acceptors (Lipinski definition) is 2. The topological polar surface area (TPSA) is 18.5 Å². The SMILES string of the molecule is C[O][Al]([O]C)[CH](C)C. The average molecular weight is 132 g/mol. The van der Waals surface area contributed by atoms with Gasteiger partial charge in [0.25, 0.3) is 0 Å². The van der Waals surface area contributed by atoms with E-state index in [0.29, 0.717) is 4.78 Å². The van der Waals surface area contributed by atoms with E-state index in [1.165, 1.54) is 0 Å². The standard InChI is InChI=1S/C3H7.2CH3O.Al/c1-3-2;2*1-2;/h3H,1-2H3;2*1H3;/q;2*-1;+2. The van der Waals surface area contributed by atoms with Crippen LogP contribution in [0.3, 0.4) is 0 Å². The zero-order chi connectivity index (χ0) is 6.57. The van der Waals surface area contributed by atoms with Crippen LogP contribution in [0.4, 0.5) is 0 Å². The van der Waals surface area contributed by atoms with Crippen molar-refractivity contribution >= 4 is 14.8 Å². The summed E-state index contributed by atoms with van der Waals surface area (Å²) in [5.41, 5.74) is 0. The maximum absolute atomic E-state index is 5.08. The Labute approximate surface area is 55.9 Å². The molecule has 8 heavy (non-hydrogen) atoms. The fourth-order valence-electron chi connectivity index (χ4n) is 0.641. The summed E-state index contributed by atoms with van der Waals surface area (Å²) < 4.78 is 10.7. The van der Waals surface area contributed by atoms with E-state index in [-0.39, 0.29) is 0 Å². The molecule has 0 atom stereocenters. The molecule has 0 aromatic carbocycles. The predicted molar refractivity (Wildman–Crippen MR) is 34.9 cm³/mol. The van der Waals surface area contributed by atoms with Crippen molar-refractivity contribution in [1.82, 2.24) is 0 Å². The van der Waals surface area contributed by atoms with Gasteiger partial charge < -0.3 is 7.58 Å². The molecular formula is C5H13AlO2. The Hall–Kier alpha value is 0.452. The van der Waals surface area contributed by atoms with Crippen LogP contribution in [-0.4, -0.2) is 29.0 Å². The third kappa shape index (κ3) is 2.69. The van der Waals surface area contributed by atoms with Crippen molar-refractivity contribution in [2.24, 2.45) is 0 Å². The largest absolute Gasteiger partial charge is 0.677 e. The maximum Gasteiger partial charge on any atom is 0.677 e. The summed E-state index contributed by atoms with van der Waals surface area (Å²) in [6.07, 6.45) is 0. The lowest BCUT2D eigenvalue weighted by molar-refractivity contribution is 0.269. The molecule has 0 aliphatic carbocycles. The lowest BCUT2D eigenvalue weighted by Gasteiger charge is -2.07. The van der Waals surface area contributed by atoms with Gasteiger partial charge in [0.05, 0.1) is 0 Å². The van der Waals surface area contributed by atoms with Crippen LogP contribution in [0, 0.1) is 0 Å². The van der Waals surface area contributed by atoms with Crippen molar-refractivity contribution < 1.29 is 7.58 Å². The van der Waals surface area contributed by atoms with E-state index in [4.69, 9.17) is 7.58 Å². The van der Waals surface area contributed by atoms with Crippen LogP contribution >= 0.6 is 0 Å². The van der Waals surface area contributed by atoms with E-state index in [1.807, 2.05) is 0 Å². The van der Waals surface area contributed by atoms with E-state index >= 15 is 0 Å². The van der Waals surface area contributed by atoms with Gasteiger partial charge in [0.1, 0.15) is 0 Å². The first-order valence-corrected chi connectivity index (χ1v) is 4.39. The quantitative estimate of drug-likeness (QED) is 0.537. The minimum atomic E-state index is -1.27. The van der Waals surface area contributed by atoms with E-state index in [0.717, 1.165) is 0 Å². The highest BCUT2D eigenvalue weighted by Gasteiger charge is 2.26. The van der Waals surface area contributed by atoms with E-state index < -0.39 is 14.8 Å². The molecule has 0 spiro atoms. The molecule has 2 nitrogen and oxygen atoms in total. The van der Waals surface area contributed by atoms with Gasteiger partial charge in [0.2, 0.25) is 0 Å². The van der Waals surface area contributed by atoms with Crippen LogP contribution < -0.4 is 0 Å². The van der Waals surface area contributed by atoms with Crippen molar-refractivity contribution in [3.63, 3.8) is 0 Å². The third-order valence-electron chi connectivity index (χ3n) is 1.01. The van der Waals surface area contributed by atoms with E-state index in [1.54, 1.807) is 14.2 Å². The normalized spacial score (nSPS) is 10.1. The molecule has 3 heteroatoms.